The van der Waals surface area contributed by atoms with Gasteiger partial charge in [-0.25, -0.2) is 0 Å². The van der Waals surface area contributed by atoms with E-state index in [2.05, 4.69) is 28.1 Å². The third-order valence-corrected chi connectivity index (χ3v) is 5.45. The maximum absolute atomic E-state index is 12.4. The monoisotopic (exact) mass is 384 g/mol. The molecule has 2 amide bonds. The predicted octanol–water partition coefficient (Wildman–Crippen LogP) is 1.72. The molecule has 1 fully saturated rings. The number of carbonyl (C=O) groups is 2. The van der Waals surface area contributed by atoms with Gasteiger partial charge in [0.2, 0.25) is 11.8 Å². The van der Waals surface area contributed by atoms with E-state index in [1.54, 1.807) is 11.8 Å². The summed E-state index contributed by atoms with van der Waals surface area (Å²) in [5.74, 6) is 0.586. The molecule has 0 unspecified atom stereocenters. The normalized spacial score (nSPS) is 18.9. The van der Waals surface area contributed by atoms with Gasteiger partial charge in [0.1, 0.15) is 0 Å². The summed E-state index contributed by atoms with van der Waals surface area (Å²) in [5.41, 5.74) is 7.27. The van der Waals surface area contributed by atoms with Crippen LogP contribution in [-0.4, -0.2) is 37.0 Å². The van der Waals surface area contributed by atoms with Gasteiger partial charge >= 0.3 is 0 Å². The Balaban J connectivity index is 1.46. The van der Waals surface area contributed by atoms with Gasteiger partial charge in [0, 0.05) is 28.9 Å². The molecule has 0 aliphatic carbocycles. The lowest BCUT2D eigenvalue weighted by Crippen LogP contribution is -2.39. The maximum Gasteiger partial charge on any atom is 0.241 e. The molecule has 0 bridgehead atoms. The summed E-state index contributed by atoms with van der Waals surface area (Å²) >= 11 is 1.78. The average Bonchev–Trinajstić information content (AvgIpc) is 3.17. The Bertz CT molecular complexity index is 767. The third kappa shape index (κ3) is 5.82. The minimum atomic E-state index is -0.318. The van der Waals surface area contributed by atoms with Crippen molar-refractivity contribution in [3.8, 4) is 0 Å². The topological polar surface area (TPSA) is 96.2 Å². The number of carbonyl (C=O) groups excluding carboxylic acids is 2. The standard InChI is InChI=1S/C20H24N4O2S/c21-11-19(25)23-16-10-18(22-12-16)20(26)24-15-8-6-14(7-9-15)13-27-17-4-2-1-3-5-17/h1-9,16,18,22H,10-13,21H2,(H,23,25)(H,24,26)/t16-,18+/m1/s1. The van der Waals surface area contributed by atoms with Crippen molar-refractivity contribution >= 4 is 29.3 Å². The Labute approximate surface area is 163 Å². The summed E-state index contributed by atoms with van der Waals surface area (Å²) < 4.78 is 0. The molecular formula is C20H24N4O2S. The van der Waals surface area contributed by atoms with Crippen LogP contribution in [0.15, 0.2) is 59.5 Å². The van der Waals surface area contributed by atoms with E-state index in [-0.39, 0.29) is 30.4 Å². The summed E-state index contributed by atoms with van der Waals surface area (Å²) in [5, 5.41) is 8.87. The second-order valence-electron chi connectivity index (χ2n) is 6.45. The predicted molar refractivity (Wildman–Crippen MR) is 108 cm³/mol. The zero-order chi connectivity index (χ0) is 19.1. The van der Waals surface area contributed by atoms with Gasteiger partial charge in [-0.3, -0.25) is 9.59 Å². The van der Waals surface area contributed by atoms with Crippen LogP contribution in [0.25, 0.3) is 0 Å². The molecule has 142 valence electrons. The zero-order valence-corrected chi connectivity index (χ0v) is 15.8. The summed E-state index contributed by atoms with van der Waals surface area (Å²) in [6, 6.07) is 17.8. The van der Waals surface area contributed by atoms with Crippen molar-refractivity contribution in [2.75, 3.05) is 18.4 Å². The molecule has 1 aliphatic rings. The summed E-state index contributed by atoms with van der Waals surface area (Å²) in [6.07, 6.45) is 0.559. The minimum Gasteiger partial charge on any atom is -0.351 e. The molecule has 2 aromatic rings. The van der Waals surface area contributed by atoms with Gasteiger partial charge < -0.3 is 21.7 Å². The first-order valence-electron chi connectivity index (χ1n) is 8.94. The first-order valence-corrected chi connectivity index (χ1v) is 9.93. The molecule has 27 heavy (non-hydrogen) atoms. The molecule has 3 rings (SSSR count). The minimum absolute atomic E-state index is 0.0394. The Hall–Kier alpha value is -2.35. The third-order valence-electron chi connectivity index (χ3n) is 4.37. The summed E-state index contributed by atoms with van der Waals surface area (Å²) in [4.78, 5) is 25.0. The molecular weight excluding hydrogens is 360 g/mol. The van der Waals surface area contributed by atoms with E-state index in [1.807, 2.05) is 42.5 Å². The van der Waals surface area contributed by atoms with Gasteiger partial charge in [0.15, 0.2) is 0 Å². The Morgan fingerprint density at radius 3 is 2.56 bits per heavy atom. The molecule has 0 aromatic heterocycles. The van der Waals surface area contributed by atoms with E-state index in [4.69, 9.17) is 5.73 Å². The van der Waals surface area contributed by atoms with Crippen molar-refractivity contribution in [2.24, 2.45) is 5.73 Å². The lowest BCUT2D eigenvalue weighted by molar-refractivity contribution is -0.121. The number of benzene rings is 2. The van der Waals surface area contributed by atoms with Crippen LogP contribution in [0.4, 0.5) is 5.69 Å². The van der Waals surface area contributed by atoms with Gasteiger partial charge in [-0.2, -0.15) is 0 Å². The van der Waals surface area contributed by atoms with Crippen molar-refractivity contribution in [1.29, 1.82) is 0 Å². The molecule has 5 N–H and O–H groups in total. The number of anilines is 1. The highest BCUT2D eigenvalue weighted by atomic mass is 32.2. The molecule has 0 spiro atoms. The lowest BCUT2D eigenvalue weighted by atomic mass is 10.1. The number of nitrogens with two attached hydrogens (primary N) is 1. The number of rotatable bonds is 7. The van der Waals surface area contributed by atoms with Gasteiger partial charge in [-0.15, -0.1) is 11.8 Å². The highest BCUT2D eigenvalue weighted by Crippen LogP contribution is 2.23. The van der Waals surface area contributed by atoms with E-state index < -0.39 is 0 Å². The van der Waals surface area contributed by atoms with Gasteiger partial charge in [-0.1, -0.05) is 30.3 Å². The second kappa shape index (κ2) is 9.55. The SMILES string of the molecule is NCC(=O)N[C@H]1CN[C@H](C(=O)Nc2ccc(CSc3ccccc3)cc2)C1. The van der Waals surface area contributed by atoms with Crippen LogP contribution in [0.3, 0.4) is 0 Å². The Morgan fingerprint density at radius 1 is 1.11 bits per heavy atom. The first kappa shape index (κ1) is 19.4. The molecule has 2 aromatic carbocycles. The van der Waals surface area contributed by atoms with Crippen LogP contribution in [0.2, 0.25) is 0 Å². The molecule has 0 saturated carbocycles. The number of amides is 2. The maximum atomic E-state index is 12.4. The average molecular weight is 385 g/mol. The summed E-state index contributed by atoms with van der Waals surface area (Å²) in [7, 11) is 0. The quantitative estimate of drug-likeness (QED) is 0.545. The van der Waals surface area contributed by atoms with E-state index in [9.17, 15) is 9.59 Å². The molecule has 1 aliphatic heterocycles. The van der Waals surface area contributed by atoms with E-state index in [1.165, 1.54) is 10.5 Å². The molecule has 1 saturated heterocycles. The highest BCUT2D eigenvalue weighted by molar-refractivity contribution is 7.98. The van der Waals surface area contributed by atoms with Gasteiger partial charge in [0.25, 0.3) is 0 Å². The van der Waals surface area contributed by atoms with Crippen molar-refractivity contribution < 1.29 is 9.59 Å². The van der Waals surface area contributed by atoms with Gasteiger partial charge in [-0.05, 0) is 36.2 Å². The van der Waals surface area contributed by atoms with Crippen molar-refractivity contribution in [1.82, 2.24) is 10.6 Å². The van der Waals surface area contributed by atoms with Crippen LogP contribution in [0.1, 0.15) is 12.0 Å². The second-order valence-corrected chi connectivity index (χ2v) is 7.50. The number of hydrogen-bond donors (Lipinski definition) is 4. The molecule has 6 nitrogen and oxygen atoms in total. The van der Waals surface area contributed by atoms with Crippen molar-refractivity contribution in [3.63, 3.8) is 0 Å². The van der Waals surface area contributed by atoms with Crippen LogP contribution in [-0.2, 0) is 15.3 Å². The van der Waals surface area contributed by atoms with E-state index in [0.29, 0.717) is 13.0 Å². The fourth-order valence-electron chi connectivity index (χ4n) is 2.93. The van der Waals surface area contributed by atoms with Crippen molar-refractivity contribution in [2.45, 2.75) is 29.2 Å². The zero-order valence-electron chi connectivity index (χ0n) is 15.0. The number of hydrogen-bond acceptors (Lipinski definition) is 5. The van der Waals surface area contributed by atoms with Crippen LogP contribution in [0.5, 0.6) is 0 Å². The Kier molecular flexibility index (Phi) is 6.86. The molecule has 2 atom stereocenters. The van der Waals surface area contributed by atoms with Crippen LogP contribution in [0, 0.1) is 0 Å². The van der Waals surface area contributed by atoms with E-state index in [0.717, 1.165) is 11.4 Å². The van der Waals surface area contributed by atoms with E-state index >= 15 is 0 Å². The van der Waals surface area contributed by atoms with Crippen LogP contribution >= 0.6 is 11.8 Å². The largest absolute Gasteiger partial charge is 0.351 e. The fraction of sp³-hybridized carbons (Fsp3) is 0.300. The highest BCUT2D eigenvalue weighted by Gasteiger charge is 2.30. The summed E-state index contributed by atoms with van der Waals surface area (Å²) in [6.45, 7) is 0.530. The molecule has 0 radical (unpaired) electrons. The lowest BCUT2D eigenvalue weighted by Gasteiger charge is -2.13. The number of nitrogens with one attached hydrogen (secondary N) is 3. The molecule has 7 heteroatoms. The van der Waals surface area contributed by atoms with Gasteiger partial charge in [0.05, 0.1) is 12.6 Å². The molecule has 1 heterocycles. The Morgan fingerprint density at radius 2 is 1.85 bits per heavy atom. The van der Waals surface area contributed by atoms with Crippen molar-refractivity contribution in [3.05, 3.63) is 60.2 Å². The first-order chi connectivity index (χ1) is 13.1. The fourth-order valence-corrected chi connectivity index (χ4v) is 3.80. The smallest absolute Gasteiger partial charge is 0.241 e. The van der Waals surface area contributed by atoms with Crippen LogP contribution < -0.4 is 21.7 Å². The number of thioether (sulfide) groups is 1.